The highest BCUT2D eigenvalue weighted by molar-refractivity contribution is 6.00. The number of amides is 2. The number of hydrogen-bond acceptors (Lipinski definition) is 4. The molecule has 1 aromatic heterocycles. The summed E-state index contributed by atoms with van der Waals surface area (Å²) in [5.41, 5.74) is -2.60. The Balaban J connectivity index is 1.91. The highest BCUT2D eigenvalue weighted by Gasteiger charge is 2.37. The summed E-state index contributed by atoms with van der Waals surface area (Å²) in [5.74, 6) is 0. The Morgan fingerprint density at radius 2 is 1.63 bits per heavy atom. The molecular formula is C23H19F6N3O3. The molecule has 0 aliphatic rings. The summed E-state index contributed by atoms with van der Waals surface area (Å²) < 4.78 is 83.9. The van der Waals surface area contributed by atoms with Gasteiger partial charge in [0.15, 0.2) is 0 Å². The van der Waals surface area contributed by atoms with Crippen LogP contribution < -0.4 is 10.6 Å². The first kappa shape index (κ1) is 26.0. The molecule has 0 fully saturated rings. The van der Waals surface area contributed by atoms with Crippen molar-refractivity contribution in [3.63, 3.8) is 0 Å². The molecule has 0 radical (unpaired) electrons. The smallest absolute Gasteiger partial charge is 0.392 e. The van der Waals surface area contributed by atoms with Gasteiger partial charge in [-0.15, -0.1) is 0 Å². The van der Waals surface area contributed by atoms with E-state index in [0.29, 0.717) is 23.4 Å². The van der Waals surface area contributed by atoms with Crippen molar-refractivity contribution in [2.75, 3.05) is 17.7 Å². The van der Waals surface area contributed by atoms with Crippen LogP contribution in [0.2, 0.25) is 0 Å². The van der Waals surface area contributed by atoms with E-state index in [2.05, 4.69) is 10.3 Å². The van der Waals surface area contributed by atoms with Crippen LogP contribution in [0.3, 0.4) is 0 Å². The number of pyridine rings is 1. The molecule has 0 saturated heterocycles. The summed E-state index contributed by atoms with van der Waals surface area (Å²) in [7, 11) is 1.42. The fourth-order valence-electron chi connectivity index (χ4n) is 3.39. The van der Waals surface area contributed by atoms with E-state index in [1.165, 1.54) is 19.2 Å². The summed E-state index contributed by atoms with van der Waals surface area (Å²) in [5, 5.41) is 14.3. The molecule has 2 amide bonds. The summed E-state index contributed by atoms with van der Waals surface area (Å²) in [6.07, 6.45) is -9.30. The maximum atomic E-state index is 13.1. The molecule has 1 atom stereocenters. The van der Waals surface area contributed by atoms with E-state index in [1.807, 2.05) is 5.32 Å². The largest absolute Gasteiger partial charge is 0.416 e. The molecule has 0 bridgehead atoms. The number of nitrogens with one attached hydrogen (secondary N) is 2. The minimum absolute atomic E-state index is 0.0427. The number of nitrogens with zero attached hydrogens (tertiary/aromatic N) is 1. The molecule has 3 aromatic rings. The highest BCUT2D eigenvalue weighted by atomic mass is 19.4. The highest BCUT2D eigenvalue weighted by Crippen LogP contribution is 2.38. The number of methoxy groups -OCH3 is 1. The molecule has 2 aromatic carbocycles. The lowest BCUT2D eigenvalue weighted by atomic mass is 9.98. The van der Waals surface area contributed by atoms with E-state index in [9.17, 15) is 36.2 Å². The molecule has 0 aliphatic carbocycles. The lowest BCUT2D eigenvalue weighted by molar-refractivity contribution is -0.143. The molecule has 0 spiro atoms. The Bertz CT molecular complexity index is 1150. The monoisotopic (exact) mass is 499 g/mol. The fraction of sp³-hybridized carbons (Fsp3) is 0.217. The SMILES string of the molecule is COC(c1ccccn1)c1cccc(NC(=O)Nc2cc(C(F)(F)F)cc(C(F)(F)F)c2)c1CO. The van der Waals surface area contributed by atoms with Crippen LogP contribution in [0.15, 0.2) is 60.8 Å². The molecule has 0 aliphatic heterocycles. The van der Waals surface area contributed by atoms with Gasteiger partial charge in [-0.25, -0.2) is 4.79 Å². The van der Waals surface area contributed by atoms with Crippen LogP contribution >= 0.6 is 0 Å². The maximum Gasteiger partial charge on any atom is 0.416 e. The van der Waals surface area contributed by atoms with Crippen molar-refractivity contribution in [2.24, 2.45) is 0 Å². The van der Waals surface area contributed by atoms with E-state index in [-0.39, 0.29) is 17.3 Å². The summed E-state index contributed by atoms with van der Waals surface area (Å²) in [6.45, 7) is -0.555. The van der Waals surface area contributed by atoms with Crippen LogP contribution in [-0.2, 0) is 23.7 Å². The number of halogens is 6. The molecule has 0 saturated carbocycles. The topological polar surface area (TPSA) is 83.5 Å². The van der Waals surface area contributed by atoms with Crippen molar-refractivity contribution in [3.05, 3.63) is 88.7 Å². The molecule has 6 nitrogen and oxygen atoms in total. The lowest BCUT2D eigenvalue weighted by Crippen LogP contribution is -2.22. The minimum Gasteiger partial charge on any atom is -0.392 e. The van der Waals surface area contributed by atoms with Crippen molar-refractivity contribution in [1.29, 1.82) is 0 Å². The summed E-state index contributed by atoms with van der Waals surface area (Å²) in [4.78, 5) is 16.7. The van der Waals surface area contributed by atoms with Crippen LogP contribution in [0.4, 0.5) is 42.5 Å². The Hall–Kier alpha value is -3.64. The van der Waals surface area contributed by atoms with E-state index in [0.717, 1.165) is 0 Å². The number of hydrogen-bond donors (Lipinski definition) is 3. The zero-order valence-corrected chi connectivity index (χ0v) is 18.0. The Kier molecular flexibility index (Phi) is 7.66. The molecule has 12 heteroatoms. The number of carbonyl (C=O) groups is 1. The Morgan fingerprint density at radius 1 is 0.971 bits per heavy atom. The molecule has 1 unspecified atom stereocenters. The number of rotatable bonds is 6. The third-order valence-corrected chi connectivity index (χ3v) is 4.94. The van der Waals surface area contributed by atoms with Crippen LogP contribution in [0, 0.1) is 0 Å². The van der Waals surface area contributed by atoms with Gasteiger partial charge in [-0.1, -0.05) is 18.2 Å². The van der Waals surface area contributed by atoms with Crippen LogP contribution in [0.1, 0.15) is 34.1 Å². The van der Waals surface area contributed by atoms with Crippen molar-refractivity contribution in [3.8, 4) is 0 Å². The number of urea groups is 1. The van der Waals surface area contributed by atoms with Crippen molar-refractivity contribution >= 4 is 17.4 Å². The van der Waals surface area contributed by atoms with Gasteiger partial charge in [0.05, 0.1) is 23.4 Å². The minimum atomic E-state index is -5.06. The fourth-order valence-corrected chi connectivity index (χ4v) is 3.39. The zero-order chi connectivity index (χ0) is 25.8. The van der Waals surface area contributed by atoms with Gasteiger partial charge in [-0.2, -0.15) is 26.3 Å². The first-order valence-corrected chi connectivity index (χ1v) is 9.98. The second-order valence-corrected chi connectivity index (χ2v) is 7.28. The Morgan fingerprint density at radius 3 is 2.14 bits per heavy atom. The first-order chi connectivity index (χ1) is 16.4. The predicted octanol–water partition coefficient (Wildman–Crippen LogP) is 5.99. The standard InChI is InChI=1S/C23H19F6N3O3/c1-35-20(19-6-2-3-8-30-19)16-5-4-7-18(17(16)12-33)32-21(34)31-15-10-13(22(24,25)26)9-14(11-15)23(27,28)29/h2-11,20,33H,12H2,1H3,(H2,31,32,34). The second-order valence-electron chi connectivity index (χ2n) is 7.28. The average Bonchev–Trinajstić information content (AvgIpc) is 2.79. The number of alkyl halides is 6. The summed E-state index contributed by atoms with van der Waals surface area (Å²) >= 11 is 0. The molecule has 3 rings (SSSR count). The van der Waals surface area contributed by atoms with E-state index < -0.39 is 47.9 Å². The second kappa shape index (κ2) is 10.3. The number of aromatic nitrogens is 1. The molecular weight excluding hydrogens is 480 g/mol. The van der Waals surface area contributed by atoms with Gasteiger partial charge in [-0.3, -0.25) is 4.98 Å². The molecule has 186 valence electrons. The molecule has 1 heterocycles. The van der Waals surface area contributed by atoms with Gasteiger partial charge >= 0.3 is 18.4 Å². The molecule has 35 heavy (non-hydrogen) atoms. The predicted molar refractivity (Wildman–Crippen MR) is 115 cm³/mol. The van der Waals surface area contributed by atoms with Gasteiger partial charge < -0.3 is 20.5 Å². The number of carbonyl (C=O) groups excluding carboxylic acids is 1. The Labute approximate surface area is 195 Å². The van der Waals surface area contributed by atoms with Gasteiger partial charge in [0.1, 0.15) is 6.10 Å². The number of ether oxygens (including phenoxy) is 1. The first-order valence-electron chi connectivity index (χ1n) is 9.98. The van der Waals surface area contributed by atoms with Crippen molar-refractivity contribution in [2.45, 2.75) is 25.1 Å². The van der Waals surface area contributed by atoms with Crippen molar-refractivity contribution < 1.29 is 41.0 Å². The van der Waals surface area contributed by atoms with E-state index >= 15 is 0 Å². The quantitative estimate of drug-likeness (QED) is 0.364. The third-order valence-electron chi connectivity index (χ3n) is 4.94. The number of aliphatic hydroxyl groups is 1. The van der Waals surface area contributed by atoms with Crippen LogP contribution in [-0.4, -0.2) is 23.2 Å². The van der Waals surface area contributed by atoms with Gasteiger partial charge in [0.2, 0.25) is 0 Å². The van der Waals surface area contributed by atoms with Crippen LogP contribution in [0.25, 0.3) is 0 Å². The van der Waals surface area contributed by atoms with Gasteiger partial charge in [0, 0.05) is 30.2 Å². The average molecular weight is 499 g/mol. The third kappa shape index (κ3) is 6.28. The zero-order valence-electron chi connectivity index (χ0n) is 18.0. The van der Waals surface area contributed by atoms with Gasteiger partial charge in [0.25, 0.3) is 0 Å². The van der Waals surface area contributed by atoms with Crippen molar-refractivity contribution in [1.82, 2.24) is 4.98 Å². The van der Waals surface area contributed by atoms with Gasteiger partial charge in [-0.05, 0) is 42.0 Å². The normalized spacial score (nSPS) is 12.8. The van der Waals surface area contributed by atoms with E-state index in [4.69, 9.17) is 4.74 Å². The summed E-state index contributed by atoms with van der Waals surface area (Å²) in [6, 6.07) is 9.30. The van der Waals surface area contributed by atoms with Crippen LogP contribution in [0.5, 0.6) is 0 Å². The lowest BCUT2D eigenvalue weighted by Gasteiger charge is -2.21. The number of aliphatic hydroxyl groups excluding tert-OH is 1. The molecule has 3 N–H and O–H groups in total. The number of benzene rings is 2. The maximum absolute atomic E-state index is 13.1. The van der Waals surface area contributed by atoms with E-state index in [1.54, 1.807) is 30.5 Å². The number of anilines is 2.